The molecule has 0 bridgehead atoms. The number of nitrogens with zero attached hydrogens (tertiary/aromatic N) is 3. The van der Waals surface area contributed by atoms with E-state index in [4.69, 9.17) is 9.47 Å². The van der Waals surface area contributed by atoms with Gasteiger partial charge in [-0.3, -0.25) is 9.36 Å². The molecule has 9 heteroatoms. The maximum Gasteiger partial charge on any atom is 0.230 e. The van der Waals surface area contributed by atoms with Gasteiger partial charge in [-0.25, -0.2) is 4.39 Å². The summed E-state index contributed by atoms with van der Waals surface area (Å²) in [4.78, 5) is 12.0. The Labute approximate surface area is 162 Å². The fourth-order valence-corrected chi connectivity index (χ4v) is 3.04. The third kappa shape index (κ3) is 6.69. The van der Waals surface area contributed by atoms with Gasteiger partial charge in [0, 0.05) is 19.7 Å². The normalized spacial score (nSPS) is 11.8. The van der Waals surface area contributed by atoms with Crippen molar-refractivity contribution in [2.24, 2.45) is 0 Å². The van der Waals surface area contributed by atoms with Crippen molar-refractivity contribution in [1.29, 1.82) is 0 Å². The zero-order chi connectivity index (χ0) is 19.6. The summed E-state index contributed by atoms with van der Waals surface area (Å²) in [6, 6.07) is 5.69. The Morgan fingerprint density at radius 2 is 2.15 bits per heavy atom. The van der Waals surface area contributed by atoms with E-state index in [-0.39, 0.29) is 30.1 Å². The number of hydrogen-bond acceptors (Lipinski definition) is 6. The quantitative estimate of drug-likeness (QED) is 0.466. The summed E-state index contributed by atoms with van der Waals surface area (Å²) in [6.45, 7) is 6.72. The number of nitrogens with one attached hydrogen (secondary N) is 1. The Balaban J connectivity index is 1.95. The van der Waals surface area contributed by atoms with E-state index in [0.717, 1.165) is 0 Å². The highest BCUT2D eigenvalue weighted by Crippen LogP contribution is 2.19. The zero-order valence-corrected chi connectivity index (χ0v) is 16.2. The molecular weight excluding hydrogens is 371 g/mol. The van der Waals surface area contributed by atoms with Crippen LogP contribution >= 0.6 is 11.8 Å². The molecule has 1 atom stereocenters. The van der Waals surface area contributed by atoms with Crippen molar-refractivity contribution in [3.63, 3.8) is 0 Å². The second-order valence-electron chi connectivity index (χ2n) is 5.75. The molecule has 1 aromatic carbocycles. The van der Waals surface area contributed by atoms with Crippen molar-refractivity contribution in [2.75, 3.05) is 19.5 Å². The van der Waals surface area contributed by atoms with E-state index in [2.05, 4.69) is 22.1 Å². The number of halogens is 1. The lowest BCUT2D eigenvalue weighted by atomic mass is 10.3. The lowest BCUT2D eigenvalue weighted by Crippen LogP contribution is -2.36. The number of amides is 1. The van der Waals surface area contributed by atoms with Crippen LogP contribution in [-0.2, 0) is 22.7 Å². The molecule has 0 aliphatic carbocycles. The van der Waals surface area contributed by atoms with Crippen LogP contribution in [-0.4, -0.2) is 46.2 Å². The SMILES string of the molecule is C=CCn1c(COc2ccc(F)cc2)nnc1SCC(=O)N[C@H](C)COC. The molecule has 1 heterocycles. The number of hydrogen-bond donors (Lipinski definition) is 1. The Hall–Kier alpha value is -2.39. The zero-order valence-electron chi connectivity index (χ0n) is 15.4. The van der Waals surface area contributed by atoms with Gasteiger partial charge < -0.3 is 14.8 Å². The Bertz CT molecular complexity index is 752. The summed E-state index contributed by atoms with van der Waals surface area (Å²) in [6.07, 6.45) is 1.72. The molecular formula is C18H23FN4O3S. The van der Waals surface area contributed by atoms with Crippen LogP contribution in [0.4, 0.5) is 4.39 Å². The molecule has 0 radical (unpaired) electrons. The summed E-state index contributed by atoms with van der Waals surface area (Å²) >= 11 is 1.28. The number of benzene rings is 1. The van der Waals surface area contributed by atoms with Crippen LogP contribution < -0.4 is 10.1 Å². The van der Waals surface area contributed by atoms with Crippen LogP contribution in [0.25, 0.3) is 0 Å². The number of aromatic nitrogens is 3. The van der Waals surface area contributed by atoms with Crippen LogP contribution in [0.5, 0.6) is 5.75 Å². The Morgan fingerprint density at radius 1 is 1.41 bits per heavy atom. The fourth-order valence-electron chi connectivity index (χ4n) is 2.26. The molecule has 0 saturated carbocycles. The molecule has 0 saturated heterocycles. The number of carbonyl (C=O) groups is 1. The maximum atomic E-state index is 13.0. The average molecular weight is 394 g/mol. The van der Waals surface area contributed by atoms with E-state index in [1.165, 1.54) is 23.9 Å². The van der Waals surface area contributed by atoms with E-state index in [1.54, 1.807) is 25.3 Å². The molecule has 0 unspecified atom stereocenters. The van der Waals surface area contributed by atoms with Crippen molar-refractivity contribution in [1.82, 2.24) is 20.1 Å². The average Bonchev–Trinajstić information content (AvgIpc) is 3.02. The van der Waals surface area contributed by atoms with Gasteiger partial charge in [-0.05, 0) is 31.2 Å². The van der Waals surface area contributed by atoms with Crippen LogP contribution in [0.1, 0.15) is 12.7 Å². The van der Waals surface area contributed by atoms with Gasteiger partial charge >= 0.3 is 0 Å². The van der Waals surface area contributed by atoms with Gasteiger partial charge in [0.15, 0.2) is 11.0 Å². The smallest absolute Gasteiger partial charge is 0.230 e. The first kappa shape index (κ1) is 20.9. The molecule has 0 fully saturated rings. The van der Waals surface area contributed by atoms with Crippen molar-refractivity contribution < 1.29 is 18.7 Å². The minimum absolute atomic E-state index is 0.0613. The second-order valence-corrected chi connectivity index (χ2v) is 6.70. The van der Waals surface area contributed by atoms with Crippen molar-refractivity contribution in [3.8, 4) is 5.75 Å². The number of carbonyl (C=O) groups excluding carboxylic acids is 1. The van der Waals surface area contributed by atoms with E-state index >= 15 is 0 Å². The first-order chi connectivity index (χ1) is 13.0. The second kappa shape index (κ2) is 10.7. The van der Waals surface area contributed by atoms with E-state index in [0.29, 0.717) is 29.9 Å². The lowest BCUT2D eigenvalue weighted by molar-refractivity contribution is -0.119. The van der Waals surface area contributed by atoms with Gasteiger partial charge in [0.2, 0.25) is 5.91 Å². The summed E-state index contributed by atoms with van der Waals surface area (Å²) in [5.41, 5.74) is 0. The first-order valence-electron chi connectivity index (χ1n) is 8.36. The highest BCUT2D eigenvalue weighted by molar-refractivity contribution is 7.99. The van der Waals surface area contributed by atoms with E-state index in [9.17, 15) is 9.18 Å². The largest absolute Gasteiger partial charge is 0.486 e. The van der Waals surface area contributed by atoms with Crippen LogP contribution in [0.2, 0.25) is 0 Å². The molecule has 1 aromatic heterocycles. The monoisotopic (exact) mass is 394 g/mol. The molecule has 0 aliphatic heterocycles. The fraction of sp³-hybridized carbons (Fsp3) is 0.389. The van der Waals surface area contributed by atoms with Gasteiger partial charge in [0.1, 0.15) is 18.2 Å². The molecule has 2 aromatic rings. The third-order valence-electron chi connectivity index (χ3n) is 3.44. The van der Waals surface area contributed by atoms with Crippen molar-refractivity contribution in [3.05, 3.63) is 48.6 Å². The van der Waals surface area contributed by atoms with Crippen LogP contribution in [0, 0.1) is 5.82 Å². The molecule has 146 valence electrons. The molecule has 7 nitrogen and oxygen atoms in total. The number of thioether (sulfide) groups is 1. The predicted octanol–water partition coefficient (Wildman–Crippen LogP) is 2.43. The van der Waals surface area contributed by atoms with Crippen molar-refractivity contribution in [2.45, 2.75) is 31.3 Å². The molecule has 1 N–H and O–H groups in total. The highest BCUT2D eigenvalue weighted by Gasteiger charge is 2.15. The van der Waals surface area contributed by atoms with Gasteiger partial charge in [-0.15, -0.1) is 16.8 Å². The molecule has 27 heavy (non-hydrogen) atoms. The molecule has 0 spiro atoms. The number of allylic oxidation sites excluding steroid dienone is 1. The molecule has 2 rings (SSSR count). The van der Waals surface area contributed by atoms with E-state index in [1.807, 2.05) is 11.5 Å². The number of methoxy groups -OCH3 is 1. The summed E-state index contributed by atoms with van der Waals surface area (Å²) < 4.78 is 25.4. The standard InChI is InChI=1S/C18H23FN4O3S/c1-4-9-23-16(11-26-15-7-5-14(19)6-8-15)21-22-18(23)27-12-17(24)20-13(2)10-25-3/h4-8,13H,1,9-12H2,2-3H3,(H,20,24)/t13-/m1/s1. The first-order valence-corrected chi connectivity index (χ1v) is 9.34. The van der Waals surface area contributed by atoms with Gasteiger partial charge in [0.05, 0.1) is 12.4 Å². The Morgan fingerprint density at radius 3 is 2.81 bits per heavy atom. The van der Waals surface area contributed by atoms with Gasteiger partial charge in [-0.1, -0.05) is 17.8 Å². The Kier molecular flexibility index (Phi) is 8.28. The summed E-state index contributed by atoms with van der Waals surface area (Å²) in [5.74, 6) is 0.901. The van der Waals surface area contributed by atoms with Crippen molar-refractivity contribution >= 4 is 17.7 Å². The summed E-state index contributed by atoms with van der Waals surface area (Å²) in [5, 5.41) is 11.7. The molecule has 0 aliphatic rings. The topological polar surface area (TPSA) is 78.3 Å². The predicted molar refractivity (Wildman–Crippen MR) is 101 cm³/mol. The maximum absolute atomic E-state index is 13.0. The number of ether oxygens (including phenoxy) is 2. The van der Waals surface area contributed by atoms with Crippen LogP contribution in [0.3, 0.4) is 0 Å². The van der Waals surface area contributed by atoms with Gasteiger partial charge in [-0.2, -0.15) is 0 Å². The summed E-state index contributed by atoms with van der Waals surface area (Å²) in [7, 11) is 1.59. The highest BCUT2D eigenvalue weighted by atomic mass is 32.2. The number of rotatable bonds is 11. The minimum atomic E-state index is -0.325. The van der Waals surface area contributed by atoms with Crippen LogP contribution in [0.15, 0.2) is 42.1 Å². The molecule has 1 amide bonds. The van der Waals surface area contributed by atoms with E-state index < -0.39 is 0 Å². The lowest BCUT2D eigenvalue weighted by Gasteiger charge is -2.12. The third-order valence-corrected chi connectivity index (χ3v) is 4.41. The van der Waals surface area contributed by atoms with Gasteiger partial charge in [0.25, 0.3) is 0 Å². The minimum Gasteiger partial charge on any atom is -0.486 e.